The number of hydrogen-bond acceptors (Lipinski definition) is 0. The summed E-state index contributed by atoms with van der Waals surface area (Å²) in [5.41, 5.74) is 0. The molecule has 2 heteroatoms. The van der Waals surface area contributed by atoms with Gasteiger partial charge in [0.1, 0.15) is 0 Å². The second kappa shape index (κ2) is 22.8. The van der Waals surface area contributed by atoms with Crippen LogP contribution in [-0.4, -0.2) is 0 Å². The second-order valence-electron chi connectivity index (χ2n) is 4.97. The highest BCUT2D eigenvalue weighted by Crippen LogP contribution is 2.12. The van der Waals surface area contributed by atoms with Crippen molar-refractivity contribution in [3.8, 4) is 0 Å². The normalized spacial score (nSPS) is 9.39. The maximum atomic E-state index is 3.75. The fourth-order valence-corrected chi connectivity index (χ4v) is 2.13. The average molecular weight is 386 g/mol. The SMILES string of the molecule is Br.Br.C=CCCCCCCCCCCCCCC. The van der Waals surface area contributed by atoms with Gasteiger partial charge in [-0.2, -0.15) is 0 Å². The lowest BCUT2D eigenvalue weighted by molar-refractivity contribution is 0.545. The Morgan fingerprint density at radius 2 is 0.944 bits per heavy atom. The van der Waals surface area contributed by atoms with Crippen molar-refractivity contribution >= 4 is 34.0 Å². The summed E-state index contributed by atoms with van der Waals surface area (Å²) >= 11 is 0. The smallest absolute Gasteiger partial charge is 0.0353 e. The molecule has 0 unspecified atom stereocenters. The Morgan fingerprint density at radius 3 is 1.28 bits per heavy atom. The largest absolute Gasteiger partial charge is 0.114 e. The van der Waals surface area contributed by atoms with E-state index in [2.05, 4.69) is 13.5 Å². The number of halogens is 2. The Balaban J connectivity index is -0.00000112. The molecule has 18 heavy (non-hydrogen) atoms. The molecule has 0 aromatic carbocycles. The first kappa shape index (κ1) is 23.8. The van der Waals surface area contributed by atoms with Crippen molar-refractivity contribution in [3.63, 3.8) is 0 Å². The molecule has 0 amide bonds. The van der Waals surface area contributed by atoms with Crippen molar-refractivity contribution in [1.29, 1.82) is 0 Å². The first-order valence-electron chi connectivity index (χ1n) is 7.52. The summed E-state index contributed by atoms with van der Waals surface area (Å²) in [6.07, 6.45) is 20.5. The fourth-order valence-electron chi connectivity index (χ4n) is 2.13. The highest BCUT2D eigenvalue weighted by Gasteiger charge is 1.92. The zero-order valence-electron chi connectivity index (χ0n) is 12.3. The molecular formula is C16H34Br2. The van der Waals surface area contributed by atoms with E-state index in [1.54, 1.807) is 0 Å². The molecule has 0 aliphatic carbocycles. The third kappa shape index (κ3) is 21.9. The summed E-state index contributed by atoms with van der Waals surface area (Å²) in [5.74, 6) is 0. The van der Waals surface area contributed by atoms with E-state index in [1.165, 1.54) is 83.5 Å². The molecule has 0 nitrogen and oxygen atoms in total. The van der Waals surface area contributed by atoms with Gasteiger partial charge < -0.3 is 0 Å². The second-order valence-corrected chi connectivity index (χ2v) is 4.97. The molecular weight excluding hydrogens is 352 g/mol. The van der Waals surface area contributed by atoms with E-state index < -0.39 is 0 Å². The van der Waals surface area contributed by atoms with Gasteiger partial charge in [-0.25, -0.2) is 0 Å². The van der Waals surface area contributed by atoms with E-state index in [1.807, 2.05) is 6.08 Å². The summed E-state index contributed by atoms with van der Waals surface area (Å²) in [6, 6.07) is 0. The van der Waals surface area contributed by atoms with E-state index in [0.717, 1.165) is 0 Å². The maximum absolute atomic E-state index is 3.75. The summed E-state index contributed by atoms with van der Waals surface area (Å²) in [7, 11) is 0. The molecule has 0 aromatic rings. The van der Waals surface area contributed by atoms with Gasteiger partial charge >= 0.3 is 0 Å². The van der Waals surface area contributed by atoms with Gasteiger partial charge in [-0.05, 0) is 12.8 Å². The third-order valence-electron chi connectivity index (χ3n) is 3.26. The van der Waals surface area contributed by atoms with Crippen molar-refractivity contribution in [3.05, 3.63) is 12.7 Å². The van der Waals surface area contributed by atoms with Gasteiger partial charge in [-0.3, -0.25) is 0 Å². The topological polar surface area (TPSA) is 0 Å². The molecule has 0 fully saturated rings. The predicted octanol–water partition coefficient (Wildman–Crippen LogP) is 7.42. The predicted molar refractivity (Wildman–Crippen MR) is 96.5 cm³/mol. The van der Waals surface area contributed by atoms with Gasteiger partial charge in [-0.15, -0.1) is 40.5 Å². The molecule has 0 saturated carbocycles. The minimum atomic E-state index is 0. The summed E-state index contributed by atoms with van der Waals surface area (Å²) < 4.78 is 0. The molecule has 0 saturated heterocycles. The molecule has 0 bridgehead atoms. The fraction of sp³-hybridized carbons (Fsp3) is 0.875. The number of rotatable bonds is 13. The quantitative estimate of drug-likeness (QED) is 0.228. The van der Waals surface area contributed by atoms with Crippen LogP contribution in [0.1, 0.15) is 90.4 Å². The van der Waals surface area contributed by atoms with Crippen molar-refractivity contribution in [2.75, 3.05) is 0 Å². The Morgan fingerprint density at radius 1 is 0.611 bits per heavy atom. The molecule has 0 aromatic heterocycles. The van der Waals surface area contributed by atoms with E-state index in [4.69, 9.17) is 0 Å². The summed E-state index contributed by atoms with van der Waals surface area (Å²) in [6.45, 7) is 6.03. The zero-order valence-corrected chi connectivity index (χ0v) is 15.7. The van der Waals surface area contributed by atoms with Crippen LogP contribution in [0.25, 0.3) is 0 Å². The lowest BCUT2D eigenvalue weighted by atomic mass is 10.0. The van der Waals surface area contributed by atoms with Crippen LogP contribution in [0.4, 0.5) is 0 Å². The number of allylic oxidation sites excluding steroid dienone is 1. The summed E-state index contributed by atoms with van der Waals surface area (Å²) in [5, 5.41) is 0. The van der Waals surface area contributed by atoms with Crippen LogP contribution in [0.2, 0.25) is 0 Å². The molecule has 0 atom stereocenters. The van der Waals surface area contributed by atoms with Crippen LogP contribution >= 0.6 is 34.0 Å². The molecule has 112 valence electrons. The third-order valence-corrected chi connectivity index (χ3v) is 3.26. The standard InChI is InChI=1S/C16H32.2BrH/c1-3-5-7-9-11-13-15-16-14-12-10-8-6-4-2;;/h3H,1,4-16H2,2H3;2*1H. The van der Waals surface area contributed by atoms with Gasteiger partial charge in [0, 0.05) is 0 Å². The molecule has 0 rings (SSSR count). The molecule has 0 spiro atoms. The molecule has 0 heterocycles. The highest BCUT2D eigenvalue weighted by molar-refractivity contribution is 8.93. The van der Waals surface area contributed by atoms with Gasteiger partial charge in [0.25, 0.3) is 0 Å². The first-order valence-corrected chi connectivity index (χ1v) is 7.52. The van der Waals surface area contributed by atoms with Crippen LogP contribution in [-0.2, 0) is 0 Å². The zero-order chi connectivity index (χ0) is 11.9. The monoisotopic (exact) mass is 384 g/mol. The lowest BCUT2D eigenvalue weighted by Crippen LogP contribution is -1.82. The van der Waals surface area contributed by atoms with Crippen LogP contribution in [0.5, 0.6) is 0 Å². The van der Waals surface area contributed by atoms with E-state index in [-0.39, 0.29) is 34.0 Å². The summed E-state index contributed by atoms with van der Waals surface area (Å²) in [4.78, 5) is 0. The number of hydrogen-bond donors (Lipinski definition) is 0. The molecule has 0 radical (unpaired) electrons. The Hall–Kier alpha value is 0.700. The average Bonchev–Trinajstić information content (AvgIpc) is 2.31. The van der Waals surface area contributed by atoms with Crippen molar-refractivity contribution in [1.82, 2.24) is 0 Å². The molecule has 0 N–H and O–H groups in total. The maximum Gasteiger partial charge on any atom is -0.0353 e. The number of unbranched alkanes of at least 4 members (excludes halogenated alkanes) is 12. The van der Waals surface area contributed by atoms with Crippen LogP contribution < -0.4 is 0 Å². The van der Waals surface area contributed by atoms with E-state index in [9.17, 15) is 0 Å². The van der Waals surface area contributed by atoms with Crippen LogP contribution in [0.15, 0.2) is 12.7 Å². The van der Waals surface area contributed by atoms with Crippen molar-refractivity contribution in [2.45, 2.75) is 90.4 Å². The highest BCUT2D eigenvalue weighted by atomic mass is 79.9. The van der Waals surface area contributed by atoms with Gasteiger partial charge in [0.2, 0.25) is 0 Å². The first-order chi connectivity index (χ1) is 7.91. The minimum absolute atomic E-state index is 0. The van der Waals surface area contributed by atoms with Crippen molar-refractivity contribution < 1.29 is 0 Å². The van der Waals surface area contributed by atoms with Gasteiger partial charge in [0.15, 0.2) is 0 Å². The Kier molecular flexibility index (Phi) is 30.2. The van der Waals surface area contributed by atoms with Crippen LogP contribution in [0.3, 0.4) is 0 Å². The lowest BCUT2D eigenvalue weighted by Gasteiger charge is -2.02. The van der Waals surface area contributed by atoms with Crippen LogP contribution in [0, 0.1) is 0 Å². The van der Waals surface area contributed by atoms with Crippen molar-refractivity contribution in [2.24, 2.45) is 0 Å². The van der Waals surface area contributed by atoms with Gasteiger partial charge in [-0.1, -0.05) is 83.6 Å². The minimum Gasteiger partial charge on any atom is -0.114 e. The Bertz CT molecular complexity index is 135. The van der Waals surface area contributed by atoms with E-state index >= 15 is 0 Å². The molecule has 0 aliphatic heterocycles. The Labute approximate surface area is 137 Å². The molecule has 0 aliphatic rings. The van der Waals surface area contributed by atoms with E-state index in [0.29, 0.717) is 0 Å². The van der Waals surface area contributed by atoms with Gasteiger partial charge in [0.05, 0.1) is 0 Å².